The molecule has 8 heteroatoms. The fraction of sp³-hybridized carbons (Fsp3) is 0.762. The summed E-state index contributed by atoms with van der Waals surface area (Å²) in [5.41, 5.74) is 0.208. The van der Waals surface area contributed by atoms with Gasteiger partial charge in [0.2, 0.25) is 5.91 Å². The number of piperidine rings is 1. The molecule has 29 heavy (non-hydrogen) atoms. The molecule has 1 aromatic heterocycles. The summed E-state index contributed by atoms with van der Waals surface area (Å²) >= 11 is 0. The van der Waals surface area contributed by atoms with Crippen LogP contribution in [-0.2, 0) is 30.2 Å². The number of hydrogen-bond donors (Lipinski definition) is 0. The number of likely N-dealkylation sites (tertiary alicyclic amines) is 2. The van der Waals surface area contributed by atoms with E-state index in [4.69, 9.17) is 4.74 Å². The molecule has 162 valence electrons. The van der Waals surface area contributed by atoms with Gasteiger partial charge in [-0.25, -0.2) is 4.79 Å². The van der Waals surface area contributed by atoms with Crippen molar-refractivity contribution in [2.24, 2.45) is 20.0 Å². The third kappa shape index (κ3) is 4.98. The zero-order valence-corrected chi connectivity index (χ0v) is 17.9. The average molecular weight is 407 g/mol. The molecule has 2 saturated heterocycles. The number of hydrogen-bond acceptors (Lipinski definition) is 5. The number of rotatable bonds is 5. The van der Waals surface area contributed by atoms with E-state index in [1.165, 1.54) is 19.9 Å². The van der Waals surface area contributed by atoms with Crippen molar-refractivity contribution in [2.75, 3.05) is 33.4 Å². The number of ether oxygens (including phenoxy) is 1. The van der Waals surface area contributed by atoms with E-state index < -0.39 is 0 Å². The second-order valence-electron chi connectivity index (χ2n) is 8.42. The van der Waals surface area contributed by atoms with Gasteiger partial charge in [-0.15, -0.1) is 0 Å². The van der Waals surface area contributed by atoms with Gasteiger partial charge in [0, 0.05) is 52.1 Å². The first-order valence-electron chi connectivity index (χ1n) is 10.7. The van der Waals surface area contributed by atoms with Crippen molar-refractivity contribution < 1.29 is 9.53 Å². The van der Waals surface area contributed by atoms with Gasteiger partial charge >= 0.3 is 5.69 Å². The highest BCUT2D eigenvalue weighted by atomic mass is 16.5. The topological polar surface area (TPSA) is 76.8 Å². The number of amides is 1. The van der Waals surface area contributed by atoms with E-state index in [1.54, 1.807) is 24.8 Å². The fourth-order valence-corrected chi connectivity index (χ4v) is 4.80. The smallest absolute Gasteiger partial charge is 0.330 e. The molecule has 1 aromatic rings. The molecule has 1 atom stereocenters. The maximum absolute atomic E-state index is 12.6. The maximum atomic E-state index is 12.6. The van der Waals surface area contributed by atoms with Gasteiger partial charge < -0.3 is 9.64 Å². The molecular formula is C21H34N4O4. The Balaban J connectivity index is 1.64. The summed E-state index contributed by atoms with van der Waals surface area (Å²) in [5.74, 6) is 0.606. The number of methoxy groups -OCH3 is 1. The Kier molecular flexibility index (Phi) is 7.29. The third-order valence-electron chi connectivity index (χ3n) is 6.57. The first-order chi connectivity index (χ1) is 13.9. The van der Waals surface area contributed by atoms with E-state index >= 15 is 0 Å². The second-order valence-corrected chi connectivity index (χ2v) is 8.42. The van der Waals surface area contributed by atoms with Crippen LogP contribution >= 0.6 is 0 Å². The van der Waals surface area contributed by atoms with Crippen LogP contribution in [0.4, 0.5) is 0 Å². The van der Waals surface area contributed by atoms with Crippen molar-refractivity contribution in [1.29, 1.82) is 0 Å². The average Bonchev–Trinajstić information content (AvgIpc) is 2.97. The van der Waals surface area contributed by atoms with Gasteiger partial charge in [0.05, 0.1) is 0 Å². The Labute approximate surface area is 172 Å². The van der Waals surface area contributed by atoms with Crippen molar-refractivity contribution in [3.8, 4) is 0 Å². The first-order valence-corrected chi connectivity index (χ1v) is 10.7. The number of carbonyl (C=O) groups is 1. The predicted octanol–water partition coefficient (Wildman–Crippen LogP) is 0.714. The molecule has 0 spiro atoms. The molecule has 0 bridgehead atoms. The highest BCUT2D eigenvalue weighted by molar-refractivity contribution is 5.77. The Hall–Kier alpha value is -1.93. The highest BCUT2D eigenvalue weighted by Crippen LogP contribution is 2.30. The normalized spacial score (nSPS) is 21.9. The van der Waals surface area contributed by atoms with Gasteiger partial charge in [-0.05, 0) is 44.7 Å². The minimum Gasteiger partial charge on any atom is -0.375 e. The van der Waals surface area contributed by atoms with Crippen molar-refractivity contribution in [3.63, 3.8) is 0 Å². The van der Waals surface area contributed by atoms with Crippen LogP contribution < -0.4 is 11.2 Å². The predicted molar refractivity (Wildman–Crippen MR) is 111 cm³/mol. The van der Waals surface area contributed by atoms with Gasteiger partial charge in [-0.1, -0.05) is 12.8 Å². The summed E-state index contributed by atoms with van der Waals surface area (Å²) in [4.78, 5) is 41.1. The Morgan fingerprint density at radius 1 is 1.03 bits per heavy atom. The van der Waals surface area contributed by atoms with Crippen LogP contribution in [0.1, 0.15) is 44.2 Å². The maximum Gasteiger partial charge on any atom is 0.330 e. The Morgan fingerprint density at radius 3 is 2.45 bits per heavy atom. The molecule has 3 heterocycles. The van der Waals surface area contributed by atoms with Crippen molar-refractivity contribution in [2.45, 2.75) is 51.1 Å². The fourth-order valence-electron chi connectivity index (χ4n) is 4.80. The van der Waals surface area contributed by atoms with E-state index in [1.807, 2.05) is 0 Å². The molecule has 8 nitrogen and oxygen atoms in total. The lowest BCUT2D eigenvalue weighted by Gasteiger charge is -2.40. The van der Waals surface area contributed by atoms with Crippen molar-refractivity contribution in [3.05, 3.63) is 32.6 Å². The molecule has 2 aliphatic heterocycles. The van der Waals surface area contributed by atoms with Crippen LogP contribution in [0.2, 0.25) is 0 Å². The van der Waals surface area contributed by atoms with Gasteiger partial charge in [0.25, 0.3) is 5.56 Å². The molecule has 0 radical (unpaired) electrons. The van der Waals surface area contributed by atoms with Crippen molar-refractivity contribution in [1.82, 2.24) is 18.9 Å². The minimum atomic E-state index is -0.284. The molecule has 0 saturated carbocycles. The Bertz CT molecular complexity index is 823. The summed E-state index contributed by atoms with van der Waals surface area (Å²) in [6.07, 6.45) is 6.56. The van der Waals surface area contributed by atoms with Gasteiger partial charge in [0.15, 0.2) is 0 Å². The molecular weight excluding hydrogens is 372 g/mol. The quantitative estimate of drug-likeness (QED) is 0.720. The third-order valence-corrected chi connectivity index (χ3v) is 6.57. The molecule has 0 N–H and O–H groups in total. The second kappa shape index (κ2) is 9.71. The lowest BCUT2D eigenvalue weighted by Crippen LogP contribution is -2.49. The summed E-state index contributed by atoms with van der Waals surface area (Å²) in [6, 6.07) is 1.86. The zero-order valence-electron chi connectivity index (χ0n) is 17.9. The van der Waals surface area contributed by atoms with Crippen LogP contribution in [0.3, 0.4) is 0 Å². The first kappa shape index (κ1) is 21.8. The van der Waals surface area contributed by atoms with E-state index in [0.717, 1.165) is 55.6 Å². The number of carbonyl (C=O) groups excluding carboxylic acids is 1. The monoisotopic (exact) mass is 406 g/mol. The summed E-state index contributed by atoms with van der Waals surface area (Å²) in [7, 11) is 4.80. The minimum absolute atomic E-state index is 0.108. The molecule has 2 fully saturated rings. The van der Waals surface area contributed by atoms with Crippen LogP contribution in [0, 0.1) is 5.92 Å². The molecule has 3 rings (SSSR count). The number of aromatic nitrogens is 2. The van der Waals surface area contributed by atoms with Crippen molar-refractivity contribution >= 4 is 5.91 Å². The summed E-state index contributed by atoms with van der Waals surface area (Å²) in [5, 5.41) is 0. The van der Waals surface area contributed by atoms with Gasteiger partial charge in [0.1, 0.15) is 6.61 Å². The van der Waals surface area contributed by atoms with Crippen LogP contribution in [0.25, 0.3) is 0 Å². The highest BCUT2D eigenvalue weighted by Gasteiger charge is 2.33. The van der Waals surface area contributed by atoms with E-state index in [9.17, 15) is 14.4 Å². The Morgan fingerprint density at radius 2 is 1.76 bits per heavy atom. The van der Waals surface area contributed by atoms with E-state index in [2.05, 4.69) is 9.80 Å². The molecule has 2 aliphatic rings. The molecule has 1 amide bonds. The van der Waals surface area contributed by atoms with E-state index in [-0.39, 0.29) is 23.8 Å². The van der Waals surface area contributed by atoms with Crippen LogP contribution in [0.5, 0.6) is 0 Å². The molecule has 0 aliphatic carbocycles. The lowest BCUT2D eigenvalue weighted by atomic mass is 9.86. The molecule has 0 aromatic carbocycles. The largest absolute Gasteiger partial charge is 0.375 e. The zero-order chi connectivity index (χ0) is 21.0. The standard InChI is InChI=1S/C21H34N4O4/c1-22-17(13-19(26)23(2)21(22)28)14-24-11-8-16(9-12-24)18-7-5-4-6-10-25(18)20(27)15-29-3/h13,16,18H,4-12,14-15H2,1-3H3/t18-/m1/s1. The SMILES string of the molecule is COCC(=O)N1CCCCC[C@@H]1C1CCN(Cc2cc(=O)n(C)c(=O)n2C)CC1. The summed E-state index contributed by atoms with van der Waals surface area (Å²) < 4.78 is 7.79. The summed E-state index contributed by atoms with van der Waals surface area (Å²) in [6.45, 7) is 3.42. The molecule has 0 unspecified atom stereocenters. The van der Waals surface area contributed by atoms with Gasteiger partial charge in [-0.3, -0.25) is 23.6 Å². The lowest BCUT2D eigenvalue weighted by molar-refractivity contribution is -0.139. The van der Waals surface area contributed by atoms with Gasteiger partial charge in [-0.2, -0.15) is 0 Å². The van der Waals surface area contributed by atoms with Crippen LogP contribution in [0.15, 0.2) is 15.7 Å². The van der Waals surface area contributed by atoms with E-state index in [0.29, 0.717) is 18.5 Å². The number of nitrogens with zero attached hydrogens (tertiary/aromatic N) is 4. The van der Waals surface area contributed by atoms with Crippen LogP contribution in [-0.4, -0.2) is 64.2 Å².